The van der Waals surface area contributed by atoms with Crippen LogP contribution in [0.15, 0.2) is 6.20 Å². The van der Waals surface area contributed by atoms with E-state index in [1.807, 2.05) is 13.8 Å². The molecule has 0 saturated heterocycles. The van der Waals surface area contributed by atoms with E-state index < -0.39 is 0 Å². The van der Waals surface area contributed by atoms with E-state index in [0.29, 0.717) is 10.7 Å². The lowest BCUT2D eigenvalue weighted by molar-refractivity contribution is 0.101. The third-order valence-corrected chi connectivity index (χ3v) is 1.98. The van der Waals surface area contributed by atoms with Crippen molar-refractivity contribution in [2.45, 2.75) is 26.8 Å². The van der Waals surface area contributed by atoms with Crippen molar-refractivity contribution in [3.05, 3.63) is 16.9 Å². The van der Waals surface area contributed by atoms with Gasteiger partial charge in [-0.2, -0.15) is 5.10 Å². The third-order valence-electron chi connectivity index (χ3n) is 1.60. The molecule has 0 spiro atoms. The van der Waals surface area contributed by atoms with E-state index in [-0.39, 0.29) is 11.8 Å². The Kier molecular flexibility index (Phi) is 2.52. The number of hydrogen-bond acceptors (Lipinski definition) is 2. The van der Waals surface area contributed by atoms with Crippen LogP contribution in [-0.4, -0.2) is 15.6 Å². The van der Waals surface area contributed by atoms with Gasteiger partial charge >= 0.3 is 0 Å². The molecule has 4 heteroatoms. The summed E-state index contributed by atoms with van der Waals surface area (Å²) in [6, 6.07) is 0.186. The summed E-state index contributed by atoms with van der Waals surface area (Å²) in [6.45, 7) is 5.40. The molecule has 0 N–H and O–H groups in total. The van der Waals surface area contributed by atoms with Crippen molar-refractivity contribution in [1.82, 2.24) is 9.78 Å². The minimum Gasteiger partial charge on any atom is -0.294 e. The minimum absolute atomic E-state index is 0.0492. The van der Waals surface area contributed by atoms with Gasteiger partial charge in [-0.05, 0) is 20.8 Å². The molecule has 0 fully saturated rings. The Morgan fingerprint density at radius 3 is 2.50 bits per heavy atom. The Morgan fingerprint density at radius 2 is 2.25 bits per heavy atom. The highest BCUT2D eigenvalue weighted by atomic mass is 35.5. The molecule has 0 unspecified atom stereocenters. The molecule has 3 nitrogen and oxygen atoms in total. The molecule has 0 saturated carbocycles. The van der Waals surface area contributed by atoms with Crippen LogP contribution in [-0.2, 0) is 0 Å². The lowest BCUT2D eigenvalue weighted by Crippen LogP contribution is -2.03. The summed E-state index contributed by atoms with van der Waals surface area (Å²) >= 11 is 5.89. The van der Waals surface area contributed by atoms with Crippen molar-refractivity contribution in [2.75, 3.05) is 0 Å². The Balaban J connectivity index is 3.13. The first-order valence-electron chi connectivity index (χ1n) is 3.78. The number of aromatic nitrogens is 2. The molecule has 0 amide bonds. The lowest BCUT2D eigenvalue weighted by Gasteiger charge is -2.05. The maximum absolute atomic E-state index is 11.0. The lowest BCUT2D eigenvalue weighted by atomic mass is 10.2. The fraction of sp³-hybridized carbons (Fsp3) is 0.500. The van der Waals surface area contributed by atoms with Gasteiger partial charge in [-0.1, -0.05) is 11.6 Å². The van der Waals surface area contributed by atoms with E-state index >= 15 is 0 Å². The van der Waals surface area contributed by atoms with Gasteiger partial charge in [-0.15, -0.1) is 0 Å². The van der Waals surface area contributed by atoms with Gasteiger partial charge in [0.05, 0.1) is 11.8 Å². The SMILES string of the molecule is CC(=O)c1cnn(C(C)C)c1Cl. The normalized spacial score (nSPS) is 10.8. The van der Waals surface area contributed by atoms with Crippen LogP contribution in [0, 0.1) is 0 Å². The van der Waals surface area contributed by atoms with E-state index in [1.54, 1.807) is 4.68 Å². The summed E-state index contributed by atoms with van der Waals surface area (Å²) in [5.41, 5.74) is 0.491. The summed E-state index contributed by atoms with van der Waals surface area (Å²) in [5, 5.41) is 4.43. The van der Waals surface area contributed by atoms with E-state index in [9.17, 15) is 4.79 Å². The second kappa shape index (κ2) is 3.27. The maximum atomic E-state index is 11.0. The quantitative estimate of drug-likeness (QED) is 0.665. The van der Waals surface area contributed by atoms with Gasteiger partial charge in [0.15, 0.2) is 5.78 Å². The first-order chi connectivity index (χ1) is 5.54. The number of carbonyl (C=O) groups is 1. The van der Waals surface area contributed by atoms with Crippen molar-refractivity contribution in [1.29, 1.82) is 0 Å². The van der Waals surface area contributed by atoms with Gasteiger partial charge in [0.2, 0.25) is 0 Å². The third kappa shape index (κ3) is 1.50. The van der Waals surface area contributed by atoms with Crippen LogP contribution in [0.3, 0.4) is 0 Å². The first kappa shape index (κ1) is 9.26. The summed E-state index contributed by atoms with van der Waals surface area (Å²) in [7, 11) is 0. The zero-order chi connectivity index (χ0) is 9.30. The van der Waals surface area contributed by atoms with Crippen molar-refractivity contribution >= 4 is 17.4 Å². The second-order valence-electron chi connectivity index (χ2n) is 2.94. The highest BCUT2D eigenvalue weighted by molar-refractivity contribution is 6.32. The van der Waals surface area contributed by atoms with Crippen LogP contribution in [0.2, 0.25) is 5.15 Å². The van der Waals surface area contributed by atoms with Crippen molar-refractivity contribution in [3.8, 4) is 0 Å². The molecule has 0 aliphatic rings. The van der Waals surface area contributed by atoms with Crippen LogP contribution in [0.5, 0.6) is 0 Å². The van der Waals surface area contributed by atoms with Gasteiger partial charge in [-0.25, -0.2) is 0 Å². The predicted octanol–water partition coefficient (Wildman–Crippen LogP) is 2.32. The van der Waals surface area contributed by atoms with Crippen LogP contribution in [0.1, 0.15) is 37.2 Å². The maximum Gasteiger partial charge on any atom is 0.164 e. The number of nitrogens with zero attached hydrogens (tertiary/aromatic N) is 2. The average Bonchev–Trinajstić information content (AvgIpc) is 2.30. The molecule has 0 atom stereocenters. The topological polar surface area (TPSA) is 34.9 Å². The van der Waals surface area contributed by atoms with Crippen LogP contribution in [0.4, 0.5) is 0 Å². The van der Waals surface area contributed by atoms with E-state index in [0.717, 1.165) is 0 Å². The Hall–Kier alpha value is -0.830. The number of rotatable bonds is 2. The van der Waals surface area contributed by atoms with Gasteiger partial charge < -0.3 is 0 Å². The Bertz CT molecular complexity index is 304. The molecule has 0 radical (unpaired) electrons. The van der Waals surface area contributed by atoms with Gasteiger partial charge in [-0.3, -0.25) is 9.48 Å². The summed E-state index contributed by atoms with van der Waals surface area (Å²) in [5.74, 6) is -0.0492. The molecule has 1 rings (SSSR count). The van der Waals surface area contributed by atoms with Gasteiger partial charge in [0.25, 0.3) is 0 Å². The number of Topliss-reactive ketones (excluding diaryl/α,β-unsaturated/α-hetero) is 1. The van der Waals surface area contributed by atoms with E-state index in [2.05, 4.69) is 5.10 Å². The fourth-order valence-electron chi connectivity index (χ4n) is 0.943. The molecular formula is C8H11ClN2O. The molecule has 12 heavy (non-hydrogen) atoms. The summed E-state index contributed by atoms with van der Waals surface area (Å²) < 4.78 is 1.62. The molecule has 0 aliphatic heterocycles. The van der Waals surface area contributed by atoms with Crippen molar-refractivity contribution in [3.63, 3.8) is 0 Å². The Labute approximate surface area is 76.3 Å². The Morgan fingerprint density at radius 1 is 1.67 bits per heavy atom. The molecule has 66 valence electrons. The van der Waals surface area contributed by atoms with Crippen molar-refractivity contribution < 1.29 is 4.79 Å². The predicted molar refractivity (Wildman–Crippen MR) is 47.6 cm³/mol. The van der Waals surface area contributed by atoms with Crippen LogP contribution >= 0.6 is 11.6 Å². The molecule has 1 aromatic heterocycles. The molecule has 1 aromatic rings. The van der Waals surface area contributed by atoms with E-state index in [1.165, 1.54) is 13.1 Å². The second-order valence-corrected chi connectivity index (χ2v) is 3.30. The molecule has 0 aliphatic carbocycles. The highest BCUT2D eigenvalue weighted by Crippen LogP contribution is 2.19. The smallest absolute Gasteiger partial charge is 0.164 e. The summed E-state index contributed by atoms with van der Waals surface area (Å²) in [6.07, 6.45) is 1.50. The molecular weight excluding hydrogens is 176 g/mol. The average molecular weight is 187 g/mol. The number of ketones is 1. The monoisotopic (exact) mass is 186 g/mol. The highest BCUT2D eigenvalue weighted by Gasteiger charge is 2.13. The largest absolute Gasteiger partial charge is 0.294 e. The molecule has 1 heterocycles. The zero-order valence-electron chi connectivity index (χ0n) is 7.34. The fourth-order valence-corrected chi connectivity index (χ4v) is 1.36. The van der Waals surface area contributed by atoms with Gasteiger partial charge in [0.1, 0.15) is 5.15 Å². The van der Waals surface area contributed by atoms with Crippen molar-refractivity contribution in [2.24, 2.45) is 0 Å². The number of hydrogen-bond donors (Lipinski definition) is 0. The standard InChI is InChI=1S/C8H11ClN2O/c1-5(2)11-8(9)7(4-10-11)6(3)12/h4-5H,1-3H3. The number of carbonyl (C=O) groups excluding carboxylic acids is 1. The van der Waals surface area contributed by atoms with Gasteiger partial charge in [0, 0.05) is 6.04 Å². The summed E-state index contributed by atoms with van der Waals surface area (Å²) in [4.78, 5) is 11.0. The van der Waals surface area contributed by atoms with E-state index in [4.69, 9.17) is 11.6 Å². The molecule has 0 aromatic carbocycles. The first-order valence-corrected chi connectivity index (χ1v) is 4.15. The van der Waals surface area contributed by atoms with Crippen LogP contribution < -0.4 is 0 Å². The molecule has 0 bridgehead atoms. The minimum atomic E-state index is -0.0492. The number of halogens is 1. The van der Waals surface area contributed by atoms with Crippen LogP contribution in [0.25, 0.3) is 0 Å². The zero-order valence-corrected chi connectivity index (χ0v) is 8.09.